The van der Waals surface area contributed by atoms with Gasteiger partial charge in [-0.05, 0) is 41.0 Å². The van der Waals surface area contributed by atoms with E-state index in [1.807, 2.05) is 19.1 Å². The van der Waals surface area contributed by atoms with Gasteiger partial charge < -0.3 is 19.9 Å². The zero-order valence-corrected chi connectivity index (χ0v) is 13.1. The van der Waals surface area contributed by atoms with Crippen LogP contribution in [0.4, 0.5) is 0 Å². The molecular formula is C14H20BrNO3. The molecule has 0 aliphatic carbocycles. The maximum atomic E-state index is 11.0. The molecule has 0 bridgehead atoms. The van der Waals surface area contributed by atoms with Gasteiger partial charge in [-0.15, -0.1) is 0 Å². The second-order valence-corrected chi connectivity index (χ2v) is 5.74. The van der Waals surface area contributed by atoms with Crippen LogP contribution >= 0.6 is 15.9 Å². The van der Waals surface area contributed by atoms with E-state index in [-0.39, 0.29) is 5.92 Å². The minimum Gasteiger partial charge on any atom is -0.495 e. The Hall–Kier alpha value is -0.780. The Kier molecular flexibility index (Phi) is 4.38. The maximum absolute atomic E-state index is 11.0. The molecule has 1 heterocycles. The molecule has 2 atom stereocenters. The average molecular weight is 330 g/mol. The normalized spacial score (nSPS) is 27.1. The molecule has 19 heavy (non-hydrogen) atoms. The molecule has 0 spiro atoms. The Balaban J connectivity index is 2.52. The van der Waals surface area contributed by atoms with Crippen LogP contribution in [-0.4, -0.2) is 32.4 Å². The van der Waals surface area contributed by atoms with Gasteiger partial charge in [-0.3, -0.25) is 0 Å². The van der Waals surface area contributed by atoms with Crippen molar-refractivity contribution in [1.29, 1.82) is 0 Å². The molecule has 1 fully saturated rings. The molecule has 106 valence electrons. The summed E-state index contributed by atoms with van der Waals surface area (Å²) in [6, 6.07) is 3.75. The summed E-state index contributed by atoms with van der Waals surface area (Å²) in [6.45, 7) is 3.64. The zero-order valence-electron chi connectivity index (χ0n) is 11.5. The fourth-order valence-electron chi connectivity index (χ4n) is 2.65. The van der Waals surface area contributed by atoms with Crippen LogP contribution in [0.15, 0.2) is 16.6 Å². The summed E-state index contributed by atoms with van der Waals surface area (Å²) in [4.78, 5) is 0. The highest BCUT2D eigenvalue weighted by atomic mass is 79.9. The molecular weight excluding hydrogens is 310 g/mol. The molecule has 0 radical (unpaired) electrons. The summed E-state index contributed by atoms with van der Waals surface area (Å²) in [5.74, 6) is 1.47. The number of benzene rings is 1. The second kappa shape index (κ2) is 5.69. The lowest BCUT2D eigenvalue weighted by molar-refractivity contribution is -0.0409. The molecule has 4 nitrogen and oxygen atoms in total. The monoisotopic (exact) mass is 329 g/mol. The van der Waals surface area contributed by atoms with Gasteiger partial charge in [0.25, 0.3) is 0 Å². The van der Waals surface area contributed by atoms with E-state index in [0.717, 1.165) is 23.1 Å². The average Bonchev–Trinajstić information content (AvgIpc) is 2.41. The Morgan fingerprint density at radius 3 is 2.68 bits per heavy atom. The Morgan fingerprint density at radius 2 is 2.11 bits per heavy atom. The third-order valence-electron chi connectivity index (χ3n) is 3.90. The molecule has 1 saturated heterocycles. The molecule has 2 N–H and O–H groups in total. The number of hydrogen-bond donors (Lipinski definition) is 2. The van der Waals surface area contributed by atoms with Crippen molar-refractivity contribution >= 4 is 15.9 Å². The number of ether oxygens (including phenoxy) is 2. The number of hydrogen-bond acceptors (Lipinski definition) is 4. The fourth-order valence-corrected chi connectivity index (χ4v) is 3.32. The van der Waals surface area contributed by atoms with E-state index in [9.17, 15) is 5.11 Å². The quantitative estimate of drug-likeness (QED) is 0.893. The number of rotatable bonds is 3. The molecule has 0 aromatic heterocycles. The first-order chi connectivity index (χ1) is 9.04. The topological polar surface area (TPSA) is 50.7 Å². The first-order valence-corrected chi connectivity index (χ1v) is 7.18. The highest BCUT2D eigenvalue weighted by Crippen LogP contribution is 2.45. The van der Waals surface area contributed by atoms with Gasteiger partial charge in [-0.2, -0.15) is 0 Å². The Labute approximate surface area is 122 Å². The van der Waals surface area contributed by atoms with Crippen molar-refractivity contribution < 1.29 is 14.6 Å². The van der Waals surface area contributed by atoms with E-state index in [1.54, 1.807) is 14.2 Å². The predicted molar refractivity (Wildman–Crippen MR) is 77.8 cm³/mol. The first-order valence-electron chi connectivity index (χ1n) is 6.38. The summed E-state index contributed by atoms with van der Waals surface area (Å²) in [5, 5.41) is 14.3. The van der Waals surface area contributed by atoms with Crippen molar-refractivity contribution in [3.05, 3.63) is 22.2 Å². The van der Waals surface area contributed by atoms with Crippen molar-refractivity contribution in [3.63, 3.8) is 0 Å². The molecule has 0 saturated carbocycles. The SMILES string of the molecule is COc1ccc(C2(O)CCNCC2C)c(OC)c1Br. The minimum atomic E-state index is -0.870. The largest absolute Gasteiger partial charge is 0.495 e. The van der Waals surface area contributed by atoms with E-state index in [0.29, 0.717) is 17.9 Å². The third-order valence-corrected chi connectivity index (χ3v) is 4.65. The van der Waals surface area contributed by atoms with Crippen LogP contribution in [0.5, 0.6) is 11.5 Å². The third kappa shape index (κ3) is 2.47. The van der Waals surface area contributed by atoms with Gasteiger partial charge in [0, 0.05) is 18.0 Å². The van der Waals surface area contributed by atoms with E-state index in [2.05, 4.69) is 21.2 Å². The molecule has 5 heteroatoms. The molecule has 0 amide bonds. The summed E-state index contributed by atoms with van der Waals surface area (Å²) in [6.07, 6.45) is 0.670. The first kappa shape index (κ1) is 14.6. The minimum absolute atomic E-state index is 0.121. The summed E-state index contributed by atoms with van der Waals surface area (Å²) in [7, 11) is 3.22. The molecule has 1 aliphatic rings. The lowest BCUT2D eigenvalue weighted by Crippen LogP contribution is -2.47. The van der Waals surface area contributed by atoms with Crippen molar-refractivity contribution in [1.82, 2.24) is 5.32 Å². The van der Waals surface area contributed by atoms with Crippen LogP contribution < -0.4 is 14.8 Å². The predicted octanol–water partition coefficient (Wildman–Crippen LogP) is 2.28. The number of piperidine rings is 1. The van der Waals surface area contributed by atoms with E-state index in [4.69, 9.17) is 9.47 Å². The standard InChI is InChI=1S/C14H20BrNO3/c1-9-8-16-7-6-14(9,17)10-4-5-11(18-2)12(15)13(10)19-3/h4-5,9,16-17H,6-8H2,1-3H3. The van der Waals surface area contributed by atoms with Crippen LogP contribution in [0.2, 0.25) is 0 Å². The van der Waals surface area contributed by atoms with Gasteiger partial charge in [0.1, 0.15) is 16.0 Å². The van der Waals surface area contributed by atoms with Gasteiger partial charge in [0.05, 0.1) is 19.8 Å². The van der Waals surface area contributed by atoms with Crippen LogP contribution in [0.3, 0.4) is 0 Å². The molecule has 1 aromatic rings. The smallest absolute Gasteiger partial charge is 0.142 e. The van der Waals surface area contributed by atoms with Crippen LogP contribution in [0.25, 0.3) is 0 Å². The summed E-state index contributed by atoms with van der Waals surface area (Å²) >= 11 is 3.49. The lowest BCUT2D eigenvalue weighted by Gasteiger charge is -2.39. The van der Waals surface area contributed by atoms with Crippen LogP contribution in [0.1, 0.15) is 18.9 Å². The Morgan fingerprint density at radius 1 is 1.37 bits per heavy atom. The number of methoxy groups -OCH3 is 2. The highest BCUT2D eigenvalue weighted by molar-refractivity contribution is 9.10. The highest BCUT2D eigenvalue weighted by Gasteiger charge is 2.40. The van der Waals surface area contributed by atoms with Gasteiger partial charge in [-0.1, -0.05) is 6.92 Å². The maximum Gasteiger partial charge on any atom is 0.142 e. The van der Waals surface area contributed by atoms with Crippen LogP contribution in [-0.2, 0) is 5.60 Å². The zero-order chi connectivity index (χ0) is 14.0. The van der Waals surface area contributed by atoms with Crippen LogP contribution in [0, 0.1) is 5.92 Å². The second-order valence-electron chi connectivity index (χ2n) is 4.94. The Bertz CT molecular complexity index is 466. The molecule has 1 aliphatic heterocycles. The number of halogens is 1. The summed E-state index contributed by atoms with van der Waals surface area (Å²) in [5.41, 5.74) is -0.0533. The number of aliphatic hydroxyl groups is 1. The van der Waals surface area contributed by atoms with E-state index < -0.39 is 5.60 Å². The van der Waals surface area contributed by atoms with Gasteiger partial charge in [0.15, 0.2) is 0 Å². The van der Waals surface area contributed by atoms with Gasteiger partial charge in [-0.25, -0.2) is 0 Å². The molecule has 1 aromatic carbocycles. The molecule has 2 rings (SSSR count). The van der Waals surface area contributed by atoms with Crippen molar-refractivity contribution in [2.75, 3.05) is 27.3 Å². The summed E-state index contributed by atoms with van der Waals surface area (Å²) < 4.78 is 11.5. The number of nitrogens with one attached hydrogen (secondary N) is 1. The fraction of sp³-hybridized carbons (Fsp3) is 0.571. The van der Waals surface area contributed by atoms with Gasteiger partial charge in [0.2, 0.25) is 0 Å². The van der Waals surface area contributed by atoms with Crippen molar-refractivity contribution in [3.8, 4) is 11.5 Å². The lowest BCUT2D eigenvalue weighted by atomic mass is 9.77. The van der Waals surface area contributed by atoms with Gasteiger partial charge >= 0.3 is 0 Å². The van der Waals surface area contributed by atoms with E-state index in [1.165, 1.54) is 0 Å². The van der Waals surface area contributed by atoms with Crippen molar-refractivity contribution in [2.24, 2.45) is 5.92 Å². The molecule has 2 unspecified atom stereocenters. The van der Waals surface area contributed by atoms with E-state index >= 15 is 0 Å². The van der Waals surface area contributed by atoms with Crippen molar-refractivity contribution in [2.45, 2.75) is 18.9 Å².